The number of fused-ring (bicyclic) bond motifs is 2. The Bertz CT molecular complexity index is 996. The maximum Gasteiger partial charge on any atom is 0.270 e. The largest absolute Gasteiger partial charge is 0.493 e. The van der Waals surface area contributed by atoms with Crippen molar-refractivity contribution < 1.29 is 14.3 Å². The van der Waals surface area contributed by atoms with Gasteiger partial charge < -0.3 is 19.4 Å². The number of rotatable bonds is 3. The second-order valence-corrected chi connectivity index (χ2v) is 7.28. The van der Waals surface area contributed by atoms with E-state index in [9.17, 15) is 4.79 Å². The lowest BCUT2D eigenvalue weighted by molar-refractivity contribution is 0.0729. The molecule has 6 heteroatoms. The van der Waals surface area contributed by atoms with Crippen LogP contribution in [-0.4, -0.2) is 36.6 Å². The van der Waals surface area contributed by atoms with Gasteiger partial charge in [-0.1, -0.05) is 22.0 Å². The molecule has 0 spiro atoms. The minimum absolute atomic E-state index is 0.0118. The summed E-state index contributed by atoms with van der Waals surface area (Å²) in [5.41, 5.74) is 3.86. The molecule has 0 fully saturated rings. The second-order valence-electron chi connectivity index (χ2n) is 6.37. The zero-order chi connectivity index (χ0) is 18.3. The standard InChI is InChI=1S/C20H19BrN2O3/c1-25-18-8-12-5-6-23(11-14(12)9-19(18)26-2)20(24)17-7-13-3-4-15(21)10-16(13)22-17/h3-4,7-10,22H,5-6,11H2,1-2H3. The fourth-order valence-corrected chi connectivity index (χ4v) is 3.80. The van der Waals surface area contributed by atoms with Crippen LogP contribution in [-0.2, 0) is 13.0 Å². The number of halogens is 1. The molecule has 0 unspecified atom stereocenters. The third-order valence-corrected chi connectivity index (χ3v) is 5.31. The Morgan fingerprint density at radius 1 is 1.08 bits per heavy atom. The fourth-order valence-electron chi connectivity index (χ4n) is 3.44. The summed E-state index contributed by atoms with van der Waals surface area (Å²) in [5.74, 6) is 1.43. The lowest BCUT2D eigenvalue weighted by Gasteiger charge is -2.29. The predicted molar refractivity (Wildman–Crippen MR) is 104 cm³/mol. The van der Waals surface area contributed by atoms with Crippen molar-refractivity contribution in [2.75, 3.05) is 20.8 Å². The summed E-state index contributed by atoms with van der Waals surface area (Å²) in [6.07, 6.45) is 0.799. The van der Waals surface area contributed by atoms with E-state index in [1.54, 1.807) is 14.2 Å². The average molecular weight is 415 g/mol. The van der Waals surface area contributed by atoms with Crippen molar-refractivity contribution in [3.8, 4) is 11.5 Å². The number of ether oxygens (including phenoxy) is 2. The van der Waals surface area contributed by atoms with Gasteiger partial charge in [0.05, 0.1) is 14.2 Å². The zero-order valence-corrected chi connectivity index (χ0v) is 16.2. The number of carbonyl (C=O) groups excluding carboxylic acids is 1. The molecule has 4 rings (SSSR count). The Labute approximate surface area is 160 Å². The maximum atomic E-state index is 13.0. The highest BCUT2D eigenvalue weighted by Crippen LogP contribution is 2.33. The number of hydrogen-bond donors (Lipinski definition) is 1. The van der Waals surface area contributed by atoms with Crippen molar-refractivity contribution in [2.24, 2.45) is 0 Å². The topological polar surface area (TPSA) is 54.6 Å². The van der Waals surface area contributed by atoms with Crippen LogP contribution in [0.1, 0.15) is 21.6 Å². The number of aromatic nitrogens is 1. The molecule has 0 aliphatic carbocycles. The van der Waals surface area contributed by atoms with Crippen LogP contribution < -0.4 is 9.47 Å². The van der Waals surface area contributed by atoms with Crippen molar-refractivity contribution in [1.82, 2.24) is 9.88 Å². The highest BCUT2D eigenvalue weighted by Gasteiger charge is 2.24. The first-order valence-corrected chi connectivity index (χ1v) is 9.19. The molecule has 1 aromatic heterocycles. The van der Waals surface area contributed by atoms with Gasteiger partial charge in [0, 0.05) is 28.5 Å². The van der Waals surface area contributed by atoms with Gasteiger partial charge in [0.25, 0.3) is 5.91 Å². The van der Waals surface area contributed by atoms with Crippen molar-refractivity contribution in [3.05, 3.63) is 57.7 Å². The molecule has 0 radical (unpaired) electrons. The van der Waals surface area contributed by atoms with Gasteiger partial charge in [0.15, 0.2) is 11.5 Å². The molecule has 1 aliphatic rings. The monoisotopic (exact) mass is 414 g/mol. The molecule has 1 aliphatic heterocycles. The average Bonchev–Trinajstić information content (AvgIpc) is 3.08. The molecule has 2 aromatic carbocycles. The van der Waals surface area contributed by atoms with E-state index in [0.717, 1.165) is 33.1 Å². The summed E-state index contributed by atoms with van der Waals surface area (Å²) in [4.78, 5) is 18.1. The first-order chi connectivity index (χ1) is 12.6. The van der Waals surface area contributed by atoms with Crippen LogP contribution in [0.3, 0.4) is 0 Å². The molecular weight excluding hydrogens is 396 g/mol. The number of carbonyl (C=O) groups is 1. The smallest absolute Gasteiger partial charge is 0.270 e. The van der Waals surface area contributed by atoms with Crippen LogP contribution in [0.2, 0.25) is 0 Å². The van der Waals surface area contributed by atoms with E-state index in [4.69, 9.17) is 9.47 Å². The fraction of sp³-hybridized carbons (Fsp3) is 0.250. The number of benzene rings is 2. The van der Waals surface area contributed by atoms with E-state index in [-0.39, 0.29) is 5.91 Å². The van der Waals surface area contributed by atoms with Crippen LogP contribution in [0.5, 0.6) is 11.5 Å². The normalized spacial score (nSPS) is 13.6. The Kier molecular flexibility index (Phi) is 4.36. The van der Waals surface area contributed by atoms with Gasteiger partial charge in [-0.3, -0.25) is 4.79 Å². The molecule has 0 saturated carbocycles. The Balaban J connectivity index is 1.62. The lowest BCUT2D eigenvalue weighted by Crippen LogP contribution is -2.36. The number of hydrogen-bond acceptors (Lipinski definition) is 3. The minimum Gasteiger partial charge on any atom is -0.493 e. The highest BCUT2D eigenvalue weighted by molar-refractivity contribution is 9.10. The number of nitrogens with one attached hydrogen (secondary N) is 1. The number of aromatic amines is 1. The van der Waals surface area contributed by atoms with Gasteiger partial charge in [-0.2, -0.15) is 0 Å². The summed E-state index contributed by atoms with van der Waals surface area (Å²) in [6.45, 7) is 1.24. The first kappa shape index (κ1) is 17.0. The van der Waals surface area contributed by atoms with Gasteiger partial charge >= 0.3 is 0 Å². The van der Waals surface area contributed by atoms with Crippen LogP contribution in [0, 0.1) is 0 Å². The molecule has 26 heavy (non-hydrogen) atoms. The summed E-state index contributed by atoms with van der Waals surface area (Å²) in [6, 6.07) is 11.8. The quantitative estimate of drug-likeness (QED) is 0.700. The Morgan fingerprint density at radius 2 is 1.81 bits per heavy atom. The molecule has 1 amide bonds. The van der Waals surface area contributed by atoms with E-state index in [2.05, 4.69) is 20.9 Å². The molecular formula is C20H19BrN2O3. The van der Waals surface area contributed by atoms with E-state index in [1.165, 1.54) is 5.56 Å². The molecule has 134 valence electrons. The SMILES string of the molecule is COc1cc2c(cc1OC)CN(C(=O)c1cc3ccc(Br)cc3[nH]1)CC2. The molecule has 3 aromatic rings. The molecule has 0 saturated heterocycles. The Hall–Kier alpha value is -2.47. The summed E-state index contributed by atoms with van der Waals surface area (Å²) < 4.78 is 11.8. The maximum absolute atomic E-state index is 13.0. The number of H-pyrrole nitrogens is 1. The number of methoxy groups -OCH3 is 2. The van der Waals surface area contributed by atoms with Crippen molar-refractivity contribution in [3.63, 3.8) is 0 Å². The van der Waals surface area contributed by atoms with Gasteiger partial charge in [-0.25, -0.2) is 0 Å². The van der Waals surface area contributed by atoms with Gasteiger partial charge in [-0.15, -0.1) is 0 Å². The van der Waals surface area contributed by atoms with Gasteiger partial charge in [0.1, 0.15) is 5.69 Å². The zero-order valence-electron chi connectivity index (χ0n) is 14.6. The molecule has 5 nitrogen and oxygen atoms in total. The molecule has 0 atom stereocenters. The summed E-state index contributed by atoms with van der Waals surface area (Å²) in [7, 11) is 3.26. The third-order valence-electron chi connectivity index (χ3n) is 4.82. The summed E-state index contributed by atoms with van der Waals surface area (Å²) >= 11 is 3.46. The Morgan fingerprint density at radius 3 is 2.54 bits per heavy atom. The van der Waals surface area contributed by atoms with Crippen molar-refractivity contribution >= 4 is 32.7 Å². The second kappa shape index (κ2) is 6.68. The van der Waals surface area contributed by atoms with E-state index in [1.807, 2.05) is 41.3 Å². The molecule has 2 heterocycles. The first-order valence-electron chi connectivity index (χ1n) is 8.40. The van der Waals surface area contributed by atoms with Crippen LogP contribution in [0.4, 0.5) is 0 Å². The van der Waals surface area contributed by atoms with E-state index < -0.39 is 0 Å². The van der Waals surface area contributed by atoms with Crippen LogP contribution in [0.15, 0.2) is 40.9 Å². The predicted octanol–water partition coefficient (Wildman–Crippen LogP) is 4.15. The summed E-state index contributed by atoms with van der Waals surface area (Å²) in [5, 5.41) is 1.03. The number of nitrogens with zero attached hydrogens (tertiary/aromatic N) is 1. The van der Waals surface area contributed by atoms with Crippen LogP contribution >= 0.6 is 15.9 Å². The molecule has 0 bridgehead atoms. The lowest BCUT2D eigenvalue weighted by atomic mass is 9.98. The van der Waals surface area contributed by atoms with E-state index >= 15 is 0 Å². The third kappa shape index (κ3) is 2.94. The minimum atomic E-state index is 0.0118. The van der Waals surface area contributed by atoms with Crippen molar-refractivity contribution in [1.29, 1.82) is 0 Å². The van der Waals surface area contributed by atoms with E-state index in [0.29, 0.717) is 24.5 Å². The number of amides is 1. The van der Waals surface area contributed by atoms with Gasteiger partial charge in [0.2, 0.25) is 0 Å². The van der Waals surface area contributed by atoms with Gasteiger partial charge in [-0.05, 0) is 47.9 Å². The van der Waals surface area contributed by atoms with Crippen molar-refractivity contribution in [2.45, 2.75) is 13.0 Å². The molecule has 1 N–H and O–H groups in total. The highest BCUT2D eigenvalue weighted by atomic mass is 79.9. The van der Waals surface area contributed by atoms with Crippen LogP contribution in [0.25, 0.3) is 10.9 Å².